The van der Waals surface area contributed by atoms with Gasteiger partial charge in [0, 0.05) is 5.41 Å². The van der Waals surface area contributed by atoms with Crippen LogP contribution >= 0.6 is 0 Å². The molecule has 0 aromatic heterocycles. The van der Waals surface area contributed by atoms with Crippen molar-refractivity contribution in [3.63, 3.8) is 0 Å². The van der Waals surface area contributed by atoms with E-state index in [0.29, 0.717) is 12.3 Å². The molecule has 4 atom stereocenters. The van der Waals surface area contributed by atoms with Crippen LogP contribution in [0.3, 0.4) is 0 Å². The first-order valence-electron chi connectivity index (χ1n) is 11.5. The number of primary sulfonamides is 1. The molecule has 0 amide bonds. The van der Waals surface area contributed by atoms with Crippen LogP contribution in [0.25, 0.3) is 0 Å². The maximum atomic E-state index is 13.7. The Kier molecular flexibility index (Phi) is 7.39. The number of ketones is 1. The number of benzene rings is 1. The molecule has 2 aliphatic carbocycles. The number of rotatable bonds is 6. The number of carbonyl (C=O) groups excluding carboxylic acids is 1. The molecule has 0 bridgehead atoms. The van der Waals surface area contributed by atoms with Crippen molar-refractivity contribution in [3.05, 3.63) is 52.5 Å². The highest BCUT2D eigenvalue weighted by molar-refractivity contribution is 7.93. The normalized spacial score (nSPS) is 28.0. The van der Waals surface area contributed by atoms with Gasteiger partial charge >= 0.3 is 6.18 Å². The molecule has 1 aromatic rings. The lowest BCUT2D eigenvalue weighted by Crippen LogP contribution is -2.37. The molecular weight excluding hydrogens is 467 g/mol. The molecule has 0 spiro atoms. The van der Waals surface area contributed by atoms with Gasteiger partial charge in [0.1, 0.15) is 11.9 Å². The van der Waals surface area contributed by atoms with Crippen molar-refractivity contribution in [3.8, 4) is 5.75 Å². The van der Waals surface area contributed by atoms with E-state index >= 15 is 0 Å². The fourth-order valence-electron chi connectivity index (χ4n) is 5.02. The van der Waals surface area contributed by atoms with Crippen LogP contribution in [0.5, 0.6) is 5.75 Å². The summed E-state index contributed by atoms with van der Waals surface area (Å²) in [5, 5.41) is 5.18. The van der Waals surface area contributed by atoms with E-state index in [1.807, 2.05) is 0 Å². The number of hydrogen-bond acceptors (Lipinski definition) is 4. The molecule has 2 N–H and O–H groups in total. The zero-order chi connectivity index (χ0) is 25.5. The van der Waals surface area contributed by atoms with Crippen LogP contribution in [0, 0.1) is 17.8 Å². The third kappa shape index (κ3) is 5.57. The Hall–Kier alpha value is -2.13. The smallest absolute Gasteiger partial charge is 0.455 e. The fraction of sp³-hybridized carbons (Fsp3) is 0.560. The van der Waals surface area contributed by atoms with Crippen LogP contribution in [0.4, 0.5) is 13.2 Å². The number of sulfonamides is 1. The predicted molar refractivity (Wildman–Crippen MR) is 125 cm³/mol. The van der Waals surface area contributed by atoms with Crippen molar-refractivity contribution in [2.75, 3.05) is 0 Å². The first-order valence-corrected chi connectivity index (χ1v) is 13.0. The van der Waals surface area contributed by atoms with Crippen molar-refractivity contribution in [2.24, 2.45) is 22.9 Å². The van der Waals surface area contributed by atoms with Crippen LogP contribution in [0.2, 0.25) is 0 Å². The van der Waals surface area contributed by atoms with Gasteiger partial charge in [0.05, 0.1) is 10.5 Å². The van der Waals surface area contributed by atoms with E-state index in [9.17, 15) is 26.4 Å². The first kappa shape index (κ1) is 26.5. The molecule has 0 saturated heterocycles. The van der Waals surface area contributed by atoms with Gasteiger partial charge in [-0.15, -0.1) is 0 Å². The predicted octanol–water partition coefficient (Wildman–Crippen LogP) is 5.66. The van der Waals surface area contributed by atoms with Gasteiger partial charge in [-0.05, 0) is 54.7 Å². The van der Waals surface area contributed by atoms with Gasteiger partial charge in [-0.3, -0.25) is 4.79 Å². The lowest BCUT2D eigenvalue weighted by Gasteiger charge is -2.38. The third-order valence-corrected chi connectivity index (χ3v) is 8.00. The number of allylic oxidation sites excluding steroid dienone is 3. The summed E-state index contributed by atoms with van der Waals surface area (Å²) in [6.45, 7) is 7.89. The molecule has 1 unspecified atom stereocenters. The van der Waals surface area contributed by atoms with E-state index < -0.39 is 33.0 Å². The van der Waals surface area contributed by atoms with Crippen molar-refractivity contribution in [2.45, 2.75) is 71.1 Å². The minimum atomic E-state index is -5.10. The Bertz CT molecular complexity index is 1110. The molecule has 1 saturated carbocycles. The maximum Gasteiger partial charge on any atom is 0.455 e. The average molecular weight is 500 g/mol. The highest BCUT2D eigenvalue weighted by atomic mass is 32.2. The minimum absolute atomic E-state index is 0.0614. The summed E-state index contributed by atoms with van der Waals surface area (Å²) >= 11 is 0. The van der Waals surface area contributed by atoms with Crippen molar-refractivity contribution < 1.29 is 31.1 Å². The van der Waals surface area contributed by atoms with E-state index in [-0.39, 0.29) is 40.6 Å². The molecule has 1 aromatic carbocycles. The highest BCUT2D eigenvalue weighted by Crippen LogP contribution is 2.43. The SMILES string of the molecule is CC(C)[C@@H]1CC[C@@H](C)C[C@H]1Oc1cccc(C2(C)C=CC(S(N)(=O)=O)=CC2)c1C(=O)C(F)(F)F. The number of alkyl halides is 3. The molecule has 0 heterocycles. The van der Waals surface area contributed by atoms with E-state index in [1.165, 1.54) is 30.4 Å². The van der Waals surface area contributed by atoms with Crippen molar-refractivity contribution in [1.29, 1.82) is 0 Å². The second-order valence-corrected chi connectivity index (χ2v) is 11.7. The topological polar surface area (TPSA) is 86.5 Å². The summed E-state index contributed by atoms with van der Waals surface area (Å²) in [7, 11) is -3.95. The second kappa shape index (κ2) is 9.49. The lowest BCUT2D eigenvalue weighted by molar-refractivity contribution is -0.0889. The number of hydrogen-bond donors (Lipinski definition) is 1. The molecule has 0 radical (unpaired) electrons. The van der Waals surface area contributed by atoms with Crippen molar-refractivity contribution in [1.82, 2.24) is 0 Å². The van der Waals surface area contributed by atoms with E-state index in [1.54, 1.807) is 13.0 Å². The van der Waals surface area contributed by atoms with Gasteiger partial charge in [0.15, 0.2) is 0 Å². The number of halogens is 3. The van der Waals surface area contributed by atoms with Gasteiger partial charge in [-0.2, -0.15) is 13.2 Å². The van der Waals surface area contributed by atoms with Gasteiger partial charge in [-0.1, -0.05) is 58.4 Å². The number of ether oxygens (including phenoxy) is 1. The molecule has 0 aliphatic heterocycles. The molecular formula is C25H32F3NO4S. The van der Waals surface area contributed by atoms with Gasteiger partial charge in [-0.25, -0.2) is 13.6 Å². The minimum Gasteiger partial charge on any atom is -0.489 e. The molecule has 1 fully saturated rings. The molecule has 2 aliphatic rings. The monoisotopic (exact) mass is 499 g/mol. The largest absolute Gasteiger partial charge is 0.489 e. The first-order chi connectivity index (χ1) is 15.6. The average Bonchev–Trinajstić information content (AvgIpc) is 2.72. The van der Waals surface area contributed by atoms with Crippen LogP contribution in [-0.2, 0) is 15.4 Å². The summed E-state index contributed by atoms with van der Waals surface area (Å²) in [5.41, 5.74) is -1.44. The van der Waals surface area contributed by atoms with Gasteiger partial charge in [0.2, 0.25) is 10.0 Å². The Morgan fingerprint density at radius 1 is 1.24 bits per heavy atom. The van der Waals surface area contributed by atoms with Crippen molar-refractivity contribution >= 4 is 15.8 Å². The quantitative estimate of drug-likeness (QED) is 0.512. The Labute approximate surface area is 199 Å². The Morgan fingerprint density at radius 2 is 1.91 bits per heavy atom. The van der Waals surface area contributed by atoms with Gasteiger partial charge in [0.25, 0.3) is 5.78 Å². The molecule has 3 rings (SSSR count). The molecule has 9 heteroatoms. The second-order valence-electron chi connectivity index (χ2n) is 10.1. The van der Waals surface area contributed by atoms with E-state index in [4.69, 9.17) is 9.88 Å². The Balaban J connectivity index is 2.09. The number of nitrogens with two attached hydrogens (primary N) is 1. The zero-order valence-electron chi connectivity index (χ0n) is 19.9. The number of carbonyl (C=O) groups is 1. The standard InChI is InChI=1S/C25H32F3NO4S/c1-15(2)18-9-8-16(3)14-21(18)33-20-7-5-6-19(22(20)23(30)25(26,27)28)24(4)12-10-17(11-13-24)34(29,31)32/h5-7,10-12,15-16,18,21H,8-9,13-14H2,1-4H3,(H2,29,31,32)/t16-,18+,21-,24?/m1/s1. The van der Waals surface area contributed by atoms with Gasteiger partial charge < -0.3 is 4.74 Å². The van der Waals surface area contributed by atoms with Crippen LogP contribution in [0.15, 0.2) is 41.3 Å². The van der Waals surface area contributed by atoms with E-state index in [0.717, 1.165) is 12.8 Å². The summed E-state index contributed by atoms with van der Waals surface area (Å²) in [6.07, 6.45) is 1.42. The molecule has 5 nitrogen and oxygen atoms in total. The molecule has 188 valence electrons. The lowest BCUT2D eigenvalue weighted by atomic mass is 9.74. The summed E-state index contributed by atoms with van der Waals surface area (Å²) in [6, 6.07) is 4.46. The fourth-order valence-corrected chi connectivity index (χ4v) is 5.59. The van der Waals surface area contributed by atoms with Crippen LogP contribution < -0.4 is 9.88 Å². The van der Waals surface area contributed by atoms with Crippen LogP contribution in [0.1, 0.15) is 69.3 Å². The summed E-state index contributed by atoms with van der Waals surface area (Å²) < 4.78 is 70.7. The summed E-state index contributed by atoms with van der Waals surface area (Å²) in [4.78, 5) is 12.6. The van der Waals surface area contributed by atoms with Crippen LogP contribution in [-0.4, -0.2) is 26.5 Å². The Morgan fingerprint density at radius 3 is 2.44 bits per heavy atom. The highest BCUT2D eigenvalue weighted by Gasteiger charge is 2.45. The molecule has 34 heavy (non-hydrogen) atoms. The third-order valence-electron chi connectivity index (χ3n) is 7.04. The maximum absolute atomic E-state index is 13.7. The number of Topliss-reactive ketones (excluding diaryl/α,β-unsaturated/α-hetero) is 1. The van der Waals surface area contributed by atoms with E-state index in [2.05, 4.69) is 20.8 Å². The zero-order valence-corrected chi connectivity index (χ0v) is 20.7. The summed E-state index contributed by atoms with van der Waals surface area (Å²) in [5.74, 6) is -1.24.